The lowest BCUT2D eigenvalue weighted by atomic mass is 10.3. The summed E-state index contributed by atoms with van der Waals surface area (Å²) < 4.78 is 66.6. The van der Waals surface area contributed by atoms with E-state index in [1.54, 1.807) is 0 Å². The van der Waals surface area contributed by atoms with Crippen molar-refractivity contribution in [2.75, 3.05) is 0 Å². The Morgan fingerprint density at radius 1 is 1.29 bits per heavy atom. The Kier molecular flexibility index (Phi) is 4.14. The summed E-state index contributed by atoms with van der Waals surface area (Å²) in [4.78, 5) is 3.07. The van der Waals surface area contributed by atoms with Crippen molar-refractivity contribution in [2.45, 2.75) is 17.8 Å². The molecule has 0 saturated carbocycles. The minimum Gasteiger partial charge on any atom is -0.404 e. The first-order chi connectivity index (χ1) is 9.78. The monoisotopic (exact) mass is 322 g/mol. The Morgan fingerprint density at radius 3 is 2.62 bits per heavy atom. The number of nitrogens with zero attached hydrogens (tertiary/aromatic N) is 2. The molecular formula is C10H9F3N4O3S. The van der Waals surface area contributed by atoms with E-state index in [2.05, 4.69) is 24.6 Å². The van der Waals surface area contributed by atoms with E-state index in [-0.39, 0.29) is 12.4 Å². The third-order valence-electron chi connectivity index (χ3n) is 2.26. The van der Waals surface area contributed by atoms with Gasteiger partial charge in [0.15, 0.2) is 0 Å². The Bertz CT molecular complexity index is 701. The van der Waals surface area contributed by atoms with E-state index in [9.17, 15) is 21.6 Å². The molecule has 11 heteroatoms. The van der Waals surface area contributed by atoms with Gasteiger partial charge in [0.05, 0.1) is 6.54 Å². The van der Waals surface area contributed by atoms with Gasteiger partial charge in [0.1, 0.15) is 22.8 Å². The molecule has 1 aromatic carbocycles. The molecule has 21 heavy (non-hydrogen) atoms. The van der Waals surface area contributed by atoms with Crippen LogP contribution in [0.15, 0.2) is 35.5 Å². The summed E-state index contributed by atoms with van der Waals surface area (Å²) in [6, 6.07) is 4.43. The van der Waals surface area contributed by atoms with Crippen molar-refractivity contribution in [1.29, 1.82) is 0 Å². The molecule has 0 amide bonds. The zero-order valence-electron chi connectivity index (χ0n) is 10.3. The van der Waals surface area contributed by atoms with Crippen molar-refractivity contribution >= 4 is 10.0 Å². The molecule has 7 nitrogen and oxygen atoms in total. The van der Waals surface area contributed by atoms with E-state index in [1.165, 1.54) is 18.5 Å². The van der Waals surface area contributed by atoms with Gasteiger partial charge in [-0.1, -0.05) is 12.1 Å². The van der Waals surface area contributed by atoms with Gasteiger partial charge in [-0.3, -0.25) is 5.10 Å². The van der Waals surface area contributed by atoms with Crippen molar-refractivity contribution in [1.82, 2.24) is 19.9 Å². The molecule has 0 bridgehead atoms. The van der Waals surface area contributed by atoms with E-state index in [4.69, 9.17) is 0 Å². The molecule has 2 N–H and O–H groups in total. The number of ether oxygens (including phenoxy) is 1. The van der Waals surface area contributed by atoms with Gasteiger partial charge >= 0.3 is 6.36 Å². The third kappa shape index (κ3) is 4.16. The number of nitrogens with one attached hydrogen (secondary N) is 2. The first-order valence-electron chi connectivity index (χ1n) is 5.46. The molecule has 2 rings (SSSR count). The Hall–Kier alpha value is -2.14. The molecule has 0 fully saturated rings. The molecule has 0 spiro atoms. The number of alkyl halides is 3. The topological polar surface area (TPSA) is 97.0 Å². The van der Waals surface area contributed by atoms with Crippen LogP contribution in [0.2, 0.25) is 0 Å². The fourth-order valence-electron chi connectivity index (χ4n) is 1.44. The van der Waals surface area contributed by atoms with E-state index >= 15 is 0 Å². The number of halogens is 3. The number of sulfonamides is 1. The maximum absolute atomic E-state index is 12.3. The molecule has 0 atom stereocenters. The molecule has 0 saturated heterocycles. The highest BCUT2D eigenvalue weighted by atomic mass is 32.2. The normalized spacial score (nSPS) is 12.3. The lowest BCUT2D eigenvalue weighted by Crippen LogP contribution is -2.26. The lowest BCUT2D eigenvalue weighted by molar-refractivity contribution is -0.275. The molecule has 0 aliphatic carbocycles. The highest BCUT2D eigenvalue weighted by Crippen LogP contribution is 2.29. The maximum Gasteiger partial charge on any atom is 0.573 e. The second kappa shape index (κ2) is 5.69. The fourth-order valence-corrected chi connectivity index (χ4v) is 2.55. The number of para-hydroxylation sites is 1. The minimum absolute atomic E-state index is 0.216. The number of hydrogen-bond acceptors (Lipinski definition) is 5. The standard InChI is InChI=1S/C10H9F3N4O3S/c11-10(12,13)20-7-3-1-2-4-8(7)21(18,19)16-5-9-14-6-15-17-9/h1-4,6,16H,5H2,(H,14,15,17). The predicted octanol–water partition coefficient (Wildman–Crippen LogP) is 1.18. The van der Waals surface area contributed by atoms with E-state index in [1.807, 2.05) is 0 Å². The van der Waals surface area contributed by atoms with Crippen molar-refractivity contribution in [3.8, 4) is 5.75 Å². The van der Waals surface area contributed by atoms with Crippen LogP contribution in [-0.2, 0) is 16.6 Å². The summed E-state index contributed by atoms with van der Waals surface area (Å²) in [5.74, 6) is -0.595. The van der Waals surface area contributed by atoms with Crippen LogP contribution in [0.3, 0.4) is 0 Å². The van der Waals surface area contributed by atoms with E-state index in [0.717, 1.165) is 12.1 Å². The van der Waals surface area contributed by atoms with Crippen molar-refractivity contribution in [2.24, 2.45) is 0 Å². The lowest BCUT2D eigenvalue weighted by Gasteiger charge is -2.13. The Balaban J connectivity index is 2.23. The quantitative estimate of drug-likeness (QED) is 0.861. The second-order valence-electron chi connectivity index (χ2n) is 3.75. The molecule has 1 heterocycles. The zero-order chi connectivity index (χ0) is 15.5. The highest BCUT2D eigenvalue weighted by Gasteiger charge is 2.33. The summed E-state index contributed by atoms with van der Waals surface area (Å²) in [6.45, 7) is -0.247. The number of aromatic nitrogens is 3. The van der Waals surface area contributed by atoms with E-state index in [0.29, 0.717) is 0 Å². The molecule has 2 aromatic rings. The van der Waals surface area contributed by atoms with Crippen LogP contribution in [0.1, 0.15) is 5.82 Å². The fraction of sp³-hybridized carbons (Fsp3) is 0.200. The van der Waals surface area contributed by atoms with Crippen molar-refractivity contribution in [3.05, 3.63) is 36.4 Å². The first-order valence-corrected chi connectivity index (χ1v) is 6.95. The van der Waals surface area contributed by atoms with Gasteiger partial charge < -0.3 is 4.74 Å². The maximum atomic E-state index is 12.3. The van der Waals surface area contributed by atoms with Crippen LogP contribution in [0.4, 0.5) is 13.2 Å². The van der Waals surface area contributed by atoms with Crippen molar-refractivity contribution < 1.29 is 26.3 Å². The largest absolute Gasteiger partial charge is 0.573 e. The second-order valence-corrected chi connectivity index (χ2v) is 5.49. The summed E-state index contributed by atoms with van der Waals surface area (Å²) in [7, 11) is -4.20. The number of hydrogen-bond donors (Lipinski definition) is 2. The molecule has 0 aliphatic rings. The first kappa shape index (κ1) is 15.3. The van der Waals surface area contributed by atoms with Gasteiger partial charge in [0, 0.05) is 0 Å². The predicted molar refractivity (Wildman–Crippen MR) is 63.5 cm³/mol. The smallest absolute Gasteiger partial charge is 0.404 e. The molecule has 1 aromatic heterocycles. The van der Waals surface area contributed by atoms with Crippen LogP contribution in [0.25, 0.3) is 0 Å². The molecule has 0 aliphatic heterocycles. The molecular weight excluding hydrogens is 313 g/mol. The minimum atomic E-state index is -4.99. The van der Waals surface area contributed by atoms with Gasteiger partial charge in [-0.2, -0.15) is 5.10 Å². The number of aromatic amines is 1. The third-order valence-corrected chi connectivity index (χ3v) is 3.70. The van der Waals surface area contributed by atoms with Crippen LogP contribution < -0.4 is 9.46 Å². The van der Waals surface area contributed by atoms with Crippen LogP contribution >= 0.6 is 0 Å². The molecule has 0 radical (unpaired) electrons. The Labute approximate surface area is 117 Å². The number of rotatable bonds is 5. The SMILES string of the molecule is O=S(=O)(NCc1ncn[nH]1)c1ccccc1OC(F)(F)F. The summed E-state index contributed by atoms with van der Waals surface area (Å²) in [5, 5.41) is 5.93. The van der Waals surface area contributed by atoms with Gasteiger partial charge in [-0.25, -0.2) is 18.1 Å². The number of benzene rings is 1. The van der Waals surface area contributed by atoms with Gasteiger partial charge in [-0.15, -0.1) is 13.2 Å². The zero-order valence-corrected chi connectivity index (χ0v) is 11.1. The van der Waals surface area contributed by atoms with Crippen molar-refractivity contribution in [3.63, 3.8) is 0 Å². The number of H-pyrrole nitrogens is 1. The van der Waals surface area contributed by atoms with Gasteiger partial charge in [0.2, 0.25) is 10.0 Å². The summed E-state index contributed by atoms with van der Waals surface area (Å²) >= 11 is 0. The van der Waals surface area contributed by atoms with Gasteiger partial charge in [-0.05, 0) is 12.1 Å². The van der Waals surface area contributed by atoms with Gasteiger partial charge in [0.25, 0.3) is 0 Å². The molecule has 0 unspecified atom stereocenters. The van der Waals surface area contributed by atoms with Crippen LogP contribution in [-0.4, -0.2) is 30.0 Å². The average Bonchev–Trinajstić information content (AvgIpc) is 2.88. The summed E-state index contributed by atoms with van der Waals surface area (Å²) in [6.07, 6.45) is -3.82. The van der Waals surface area contributed by atoms with Crippen LogP contribution in [0.5, 0.6) is 5.75 Å². The summed E-state index contributed by atoms with van der Waals surface area (Å²) in [5.41, 5.74) is 0. The highest BCUT2D eigenvalue weighted by molar-refractivity contribution is 7.89. The van der Waals surface area contributed by atoms with E-state index < -0.39 is 27.0 Å². The molecule has 114 valence electrons. The Morgan fingerprint density at radius 2 is 2.00 bits per heavy atom. The van der Waals surface area contributed by atoms with Crippen LogP contribution in [0, 0.1) is 0 Å². The average molecular weight is 322 g/mol.